The van der Waals surface area contributed by atoms with Crippen LogP contribution in [-0.2, 0) is 6.42 Å². The molecule has 0 spiro atoms. The van der Waals surface area contributed by atoms with Gasteiger partial charge in [0.2, 0.25) is 0 Å². The lowest BCUT2D eigenvalue weighted by atomic mass is 9.80. The number of β-amino-alcohol motifs (C(OH)–C–C–N with tert-alkyl or cyclic N) is 1. The van der Waals surface area contributed by atoms with Crippen LogP contribution in [0.2, 0.25) is 0 Å². The zero-order valence-corrected chi connectivity index (χ0v) is 15.9. The third-order valence-corrected chi connectivity index (χ3v) is 5.74. The highest BCUT2D eigenvalue weighted by molar-refractivity contribution is 5.75. The van der Waals surface area contributed by atoms with Crippen LogP contribution < -0.4 is 5.32 Å². The summed E-state index contributed by atoms with van der Waals surface area (Å²) in [7, 11) is 0. The van der Waals surface area contributed by atoms with Crippen molar-refractivity contribution in [1.29, 1.82) is 0 Å². The van der Waals surface area contributed by atoms with Crippen molar-refractivity contribution in [3.05, 3.63) is 35.1 Å². The summed E-state index contributed by atoms with van der Waals surface area (Å²) in [4.78, 5) is 16.9. The molecule has 1 saturated heterocycles. The van der Waals surface area contributed by atoms with E-state index in [-0.39, 0.29) is 36.0 Å². The number of hydrogen-bond acceptors (Lipinski definition) is 3. The Morgan fingerprint density at radius 1 is 1.38 bits per heavy atom. The molecule has 4 unspecified atom stereocenters. The molecule has 26 heavy (non-hydrogen) atoms. The van der Waals surface area contributed by atoms with Gasteiger partial charge in [0.15, 0.2) is 0 Å². The Balaban J connectivity index is 1.66. The number of rotatable bonds is 3. The Bertz CT molecular complexity index is 652. The highest BCUT2D eigenvalue weighted by atomic mass is 19.1. The molecule has 4 atom stereocenters. The van der Waals surface area contributed by atoms with Gasteiger partial charge in [0, 0.05) is 32.2 Å². The van der Waals surface area contributed by atoms with Gasteiger partial charge in [-0.2, -0.15) is 0 Å². The normalized spacial score (nSPS) is 27.7. The molecule has 0 aromatic heterocycles. The highest BCUT2D eigenvalue weighted by Gasteiger charge is 2.32. The molecule has 1 fully saturated rings. The van der Waals surface area contributed by atoms with Gasteiger partial charge in [-0.05, 0) is 49.8 Å². The summed E-state index contributed by atoms with van der Waals surface area (Å²) in [6, 6.07) is 5.13. The largest absolute Gasteiger partial charge is 0.392 e. The molecule has 1 aliphatic carbocycles. The van der Waals surface area contributed by atoms with E-state index in [1.165, 1.54) is 6.07 Å². The summed E-state index contributed by atoms with van der Waals surface area (Å²) in [5, 5.41) is 12.7. The summed E-state index contributed by atoms with van der Waals surface area (Å²) in [5.41, 5.74) is 1.66. The van der Waals surface area contributed by atoms with Crippen LogP contribution in [0.15, 0.2) is 18.2 Å². The summed E-state index contributed by atoms with van der Waals surface area (Å²) in [6.45, 7) is 8.63. The average Bonchev–Trinajstić information content (AvgIpc) is 2.59. The number of aliphatic hydroxyl groups excluding tert-OH is 1. The number of amides is 2. The zero-order valence-electron chi connectivity index (χ0n) is 15.9. The Morgan fingerprint density at radius 3 is 2.85 bits per heavy atom. The topological polar surface area (TPSA) is 55.8 Å². The second-order valence-electron chi connectivity index (χ2n) is 7.89. The molecule has 1 aromatic rings. The fourth-order valence-corrected chi connectivity index (χ4v) is 4.21. The zero-order chi connectivity index (χ0) is 18.8. The molecular formula is C20H30FN3O2. The van der Waals surface area contributed by atoms with Gasteiger partial charge in [0.05, 0.1) is 12.1 Å². The van der Waals surface area contributed by atoms with Gasteiger partial charge >= 0.3 is 6.03 Å². The lowest BCUT2D eigenvalue weighted by Crippen LogP contribution is -2.57. The number of fused-ring (bicyclic) bond motifs is 1. The van der Waals surface area contributed by atoms with Gasteiger partial charge in [0.25, 0.3) is 0 Å². The summed E-state index contributed by atoms with van der Waals surface area (Å²) >= 11 is 0. The van der Waals surface area contributed by atoms with E-state index in [1.807, 2.05) is 11.0 Å². The number of aliphatic hydroxyl groups is 1. The van der Waals surface area contributed by atoms with Gasteiger partial charge in [-0.1, -0.05) is 19.1 Å². The predicted octanol–water partition coefficient (Wildman–Crippen LogP) is 2.55. The third kappa shape index (κ3) is 4.01. The summed E-state index contributed by atoms with van der Waals surface area (Å²) in [5.74, 6) is 0.108. The van der Waals surface area contributed by atoms with E-state index in [4.69, 9.17) is 0 Å². The quantitative estimate of drug-likeness (QED) is 0.868. The molecule has 1 aromatic carbocycles. The van der Waals surface area contributed by atoms with Crippen LogP contribution in [0.1, 0.15) is 44.4 Å². The van der Waals surface area contributed by atoms with E-state index >= 15 is 0 Å². The minimum atomic E-state index is -0.368. The van der Waals surface area contributed by atoms with Crippen LogP contribution >= 0.6 is 0 Å². The molecule has 0 radical (unpaired) electrons. The lowest BCUT2D eigenvalue weighted by molar-refractivity contribution is 0.0556. The maximum absolute atomic E-state index is 14.1. The van der Waals surface area contributed by atoms with Crippen molar-refractivity contribution in [3.63, 3.8) is 0 Å². The summed E-state index contributed by atoms with van der Waals surface area (Å²) < 4.78 is 14.1. The van der Waals surface area contributed by atoms with Crippen molar-refractivity contribution in [2.24, 2.45) is 5.92 Å². The summed E-state index contributed by atoms with van der Waals surface area (Å²) in [6.07, 6.45) is 1.23. The van der Waals surface area contributed by atoms with Crippen LogP contribution in [0, 0.1) is 11.7 Å². The molecular weight excluding hydrogens is 333 g/mol. The number of piperazine rings is 1. The fourth-order valence-electron chi connectivity index (χ4n) is 4.21. The number of hydrogen-bond donors (Lipinski definition) is 2. The van der Waals surface area contributed by atoms with Gasteiger partial charge in [-0.15, -0.1) is 0 Å². The lowest BCUT2D eigenvalue weighted by Gasteiger charge is -2.41. The van der Waals surface area contributed by atoms with Gasteiger partial charge in [-0.3, -0.25) is 4.90 Å². The molecule has 0 bridgehead atoms. The van der Waals surface area contributed by atoms with Crippen LogP contribution in [0.25, 0.3) is 0 Å². The number of benzene rings is 1. The smallest absolute Gasteiger partial charge is 0.317 e. The van der Waals surface area contributed by atoms with E-state index in [0.29, 0.717) is 19.6 Å². The molecule has 5 nitrogen and oxygen atoms in total. The van der Waals surface area contributed by atoms with Crippen LogP contribution in [0.4, 0.5) is 9.18 Å². The first-order valence-corrected chi connectivity index (χ1v) is 9.61. The molecule has 0 saturated carbocycles. The standard InChI is InChI=1S/C20H30FN3O2/c1-13-7-8-16-17(5-4-6-18(16)21)19(13)22-20(26)24-10-9-23(12-15(3)25)14(2)11-24/h4-6,13-15,19,25H,7-12H2,1-3H3,(H,22,26). The predicted molar refractivity (Wildman–Crippen MR) is 99.4 cm³/mol. The first-order chi connectivity index (χ1) is 12.4. The molecule has 3 rings (SSSR count). The van der Waals surface area contributed by atoms with Gasteiger partial charge in [0.1, 0.15) is 5.82 Å². The number of halogens is 1. The van der Waals surface area contributed by atoms with E-state index in [1.54, 1.807) is 13.0 Å². The molecule has 2 amide bonds. The average molecular weight is 363 g/mol. The second kappa shape index (κ2) is 7.92. The maximum atomic E-state index is 14.1. The van der Waals surface area contributed by atoms with E-state index in [0.717, 1.165) is 30.5 Å². The number of carbonyl (C=O) groups excluding carboxylic acids is 1. The van der Waals surface area contributed by atoms with Crippen LogP contribution in [-0.4, -0.2) is 59.3 Å². The van der Waals surface area contributed by atoms with E-state index < -0.39 is 0 Å². The van der Waals surface area contributed by atoms with Crippen LogP contribution in [0.5, 0.6) is 0 Å². The fraction of sp³-hybridized carbons (Fsp3) is 0.650. The molecule has 1 heterocycles. The van der Waals surface area contributed by atoms with Crippen LogP contribution in [0.3, 0.4) is 0 Å². The minimum Gasteiger partial charge on any atom is -0.392 e. The first-order valence-electron chi connectivity index (χ1n) is 9.61. The maximum Gasteiger partial charge on any atom is 0.317 e. The first kappa shape index (κ1) is 19.1. The Morgan fingerprint density at radius 2 is 2.15 bits per heavy atom. The third-order valence-electron chi connectivity index (χ3n) is 5.74. The monoisotopic (exact) mass is 363 g/mol. The number of nitrogens with one attached hydrogen (secondary N) is 1. The molecule has 1 aliphatic heterocycles. The van der Waals surface area contributed by atoms with Crippen molar-refractivity contribution in [1.82, 2.24) is 15.1 Å². The Hall–Kier alpha value is -1.66. The van der Waals surface area contributed by atoms with Crippen molar-refractivity contribution in [3.8, 4) is 0 Å². The second-order valence-corrected chi connectivity index (χ2v) is 7.89. The number of carbonyl (C=O) groups is 1. The van der Waals surface area contributed by atoms with Crippen molar-refractivity contribution < 1.29 is 14.3 Å². The molecule has 6 heteroatoms. The molecule has 144 valence electrons. The minimum absolute atomic E-state index is 0.0810. The Labute approximate surface area is 155 Å². The van der Waals surface area contributed by atoms with Gasteiger partial charge in [-0.25, -0.2) is 9.18 Å². The van der Waals surface area contributed by atoms with E-state index in [2.05, 4.69) is 24.1 Å². The van der Waals surface area contributed by atoms with E-state index in [9.17, 15) is 14.3 Å². The van der Waals surface area contributed by atoms with Crippen molar-refractivity contribution in [2.45, 2.75) is 51.8 Å². The van der Waals surface area contributed by atoms with Gasteiger partial charge < -0.3 is 15.3 Å². The van der Waals surface area contributed by atoms with Crippen molar-refractivity contribution in [2.75, 3.05) is 26.2 Å². The number of urea groups is 1. The Kier molecular flexibility index (Phi) is 5.82. The molecule has 2 aliphatic rings. The molecule has 2 N–H and O–H groups in total. The van der Waals surface area contributed by atoms with Crippen molar-refractivity contribution >= 4 is 6.03 Å². The number of nitrogens with zero attached hydrogens (tertiary/aromatic N) is 2. The highest BCUT2D eigenvalue weighted by Crippen LogP contribution is 2.35. The SMILES string of the molecule is CC(O)CN1CCN(C(=O)NC2c3cccc(F)c3CCC2C)CC1C.